The second-order valence-corrected chi connectivity index (χ2v) is 8.71. The molecule has 3 unspecified atom stereocenters. The molecule has 1 aromatic heterocycles. The third-order valence-corrected chi connectivity index (χ3v) is 6.16. The van der Waals surface area contributed by atoms with E-state index in [1.807, 2.05) is 0 Å². The van der Waals surface area contributed by atoms with Crippen LogP contribution in [0.2, 0.25) is 0 Å². The molecule has 1 aromatic carbocycles. The van der Waals surface area contributed by atoms with Gasteiger partial charge in [0.05, 0.1) is 6.26 Å². The Kier molecular flexibility index (Phi) is 7.66. The van der Waals surface area contributed by atoms with Crippen molar-refractivity contribution >= 4 is 11.8 Å². The van der Waals surface area contributed by atoms with E-state index in [1.54, 1.807) is 24.3 Å². The van der Waals surface area contributed by atoms with Crippen molar-refractivity contribution < 1.29 is 18.4 Å². The van der Waals surface area contributed by atoms with Gasteiger partial charge in [-0.2, -0.15) is 0 Å². The van der Waals surface area contributed by atoms with Crippen LogP contribution in [0, 0.1) is 29.5 Å². The number of rotatable bonds is 8. The molecule has 0 saturated heterocycles. The first-order valence-corrected chi connectivity index (χ1v) is 10.8. The van der Waals surface area contributed by atoms with E-state index in [-0.39, 0.29) is 29.5 Å². The molecule has 2 aromatic rings. The standard InChI is InChI=1S/C25H31FN2O3/c1-16(2)22-12-19(13-24(29)27-14-18-6-8-21(26)9-7-18)17(3)11-20(22)15-28-25(30)23-5-4-10-31-23/h4-11,16,19-20,22H,12-15H2,1-3H3,(H,27,29)(H,28,30). The highest BCUT2D eigenvalue weighted by molar-refractivity contribution is 5.91. The van der Waals surface area contributed by atoms with Crippen LogP contribution in [0.1, 0.15) is 49.7 Å². The fraction of sp³-hybridized carbons (Fsp3) is 0.440. The molecule has 0 saturated carbocycles. The Bertz CT molecular complexity index is 903. The van der Waals surface area contributed by atoms with E-state index >= 15 is 0 Å². The van der Waals surface area contributed by atoms with Crippen LogP contribution in [0.15, 0.2) is 58.7 Å². The summed E-state index contributed by atoms with van der Waals surface area (Å²) in [5, 5.41) is 5.92. The molecule has 31 heavy (non-hydrogen) atoms. The van der Waals surface area contributed by atoms with Gasteiger partial charge in [-0.1, -0.05) is 37.6 Å². The van der Waals surface area contributed by atoms with Gasteiger partial charge in [0.15, 0.2) is 5.76 Å². The zero-order valence-electron chi connectivity index (χ0n) is 18.4. The summed E-state index contributed by atoms with van der Waals surface area (Å²) in [4.78, 5) is 24.7. The third kappa shape index (κ3) is 6.29. The van der Waals surface area contributed by atoms with E-state index in [1.165, 1.54) is 24.0 Å². The Hall–Kier alpha value is -2.89. The summed E-state index contributed by atoms with van der Waals surface area (Å²) in [6, 6.07) is 9.50. The number of amides is 2. The molecule has 0 spiro atoms. The van der Waals surface area contributed by atoms with E-state index in [4.69, 9.17) is 4.42 Å². The maximum Gasteiger partial charge on any atom is 0.286 e. The Morgan fingerprint density at radius 3 is 2.55 bits per heavy atom. The molecule has 166 valence electrons. The van der Waals surface area contributed by atoms with Gasteiger partial charge < -0.3 is 15.1 Å². The lowest BCUT2D eigenvalue weighted by Crippen LogP contribution is -2.37. The number of carbonyl (C=O) groups excluding carboxylic acids is 2. The normalized spacial score (nSPS) is 20.9. The van der Waals surface area contributed by atoms with Crippen LogP contribution in [0.25, 0.3) is 0 Å². The number of furan rings is 1. The van der Waals surface area contributed by atoms with Crippen LogP contribution < -0.4 is 10.6 Å². The molecule has 0 bridgehead atoms. The fourth-order valence-corrected chi connectivity index (χ4v) is 4.31. The summed E-state index contributed by atoms with van der Waals surface area (Å²) < 4.78 is 18.2. The molecule has 1 heterocycles. The first-order valence-electron chi connectivity index (χ1n) is 10.8. The SMILES string of the molecule is CC1=CC(CNC(=O)c2ccco2)C(C(C)C)CC1CC(=O)NCc1ccc(F)cc1. The van der Waals surface area contributed by atoms with Gasteiger partial charge in [-0.25, -0.2) is 4.39 Å². The maximum absolute atomic E-state index is 13.0. The number of halogens is 1. The molecule has 0 aliphatic heterocycles. The van der Waals surface area contributed by atoms with Crippen molar-refractivity contribution in [2.75, 3.05) is 6.54 Å². The van der Waals surface area contributed by atoms with Gasteiger partial charge in [-0.3, -0.25) is 9.59 Å². The second kappa shape index (κ2) is 10.4. The minimum atomic E-state index is -0.285. The highest BCUT2D eigenvalue weighted by Gasteiger charge is 2.32. The first-order chi connectivity index (χ1) is 14.8. The third-order valence-electron chi connectivity index (χ3n) is 6.16. The fourth-order valence-electron chi connectivity index (χ4n) is 4.31. The van der Waals surface area contributed by atoms with Gasteiger partial charge in [0.2, 0.25) is 5.91 Å². The predicted octanol–water partition coefficient (Wildman–Crippen LogP) is 4.71. The van der Waals surface area contributed by atoms with Crippen molar-refractivity contribution in [2.45, 2.75) is 40.2 Å². The monoisotopic (exact) mass is 426 g/mol. The number of carbonyl (C=O) groups is 2. The van der Waals surface area contributed by atoms with E-state index in [0.29, 0.717) is 37.1 Å². The van der Waals surface area contributed by atoms with Crippen LogP contribution in [-0.2, 0) is 11.3 Å². The van der Waals surface area contributed by atoms with Crippen LogP contribution in [0.4, 0.5) is 4.39 Å². The molecule has 2 amide bonds. The topological polar surface area (TPSA) is 71.3 Å². The lowest BCUT2D eigenvalue weighted by Gasteiger charge is -2.37. The number of allylic oxidation sites excluding steroid dienone is 1. The quantitative estimate of drug-likeness (QED) is 0.601. The van der Waals surface area contributed by atoms with Crippen molar-refractivity contribution in [1.29, 1.82) is 0 Å². The van der Waals surface area contributed by atoms with Crippen molar-refractivity contribution in [3.05, 3.63) is 71.5 Å². The largest absolute Gasteiger partial charge is 0.459 e. The van der Waals surface area contributed by atoms with E-state index in [9.17, 15) is 14.0 Å². The summed E-state index contributed by atoms with van der Waals surface area (Å²) >= 11 is 0. The predicted molar refractivity (Wildman–Crippen MR) is 118 cm³/mol. The van der Waals surface area contributed by atoms with Gasteiger partial charge in [-0.15, -0.1) is 0 Å². The van der Waals surface area contributed by atoms with Gasteiger partial charge >= 0.3 is 0 Å². The van der Waals surface area contributed by atoms with Gasteiger partial charge in [0.1, 0.15) is 5.82 Å². The molecule has 1 aliphatic rings. The summed E-state index contributed by atoms with van der Waals surface area (Å²) in [6.07, 6.45) is 5.04. The first kappa shape index (κ1) is 22.8. The molecule has 3 atom stereocenters. The van der Waals surface area contributed by atoms with E-state index in [2.05, 4.69) is 37.5 Å². The molecule has 0 radical (unpaired) electrons. The van der Waals surface area contributed by atoms with Crippen molar-refractivity contribution in [1.82, 2.24) is 10.6 Å². The van der Waals surface area contributed by atoms with Crippen LogP contribution in [0.5, 0.6) is 0 Å². The average molecular weight is 427 g/mol. The number of hydrogen-bond acceptors (Lipinski definition) is 3. The molecule has 2 N–H and O–H groups in total. The van der Waals surface area contributed by atoms with Gasteiger partial charge in [-0.05, 0) is 66.8 Å². The smallest absolute Gasteiger partial charge is 0.286 e. The highest BCUT2D eigenvalue weighted by atomic mass is 19.1. The van der Waals surface area contributed by atoms with Gasteiger partial charge in [0.25, 0.3) is 5.91 Å². The molecule has 0 fully saturated rings. The Balaban J connectivity index is 1.56. The molecule has 3 rings (SSSR count). The van der Waals surface area contributed by atoms with E-state index in [0.717, 1.165) is 12.0 Å². The van der Waals surface area contributed by atoms with E-state index < -0.39 is 0 Å². The Morgan fingerprint density at radius 1 is 1.16 bits per heavy atom. The summed E-state index contributed by atoms with van der Waals surface area (Å²) in [5.41, 5.74) is 2.06. The average Bonchev–Trinajstić information content (AvgIpc) is 3.28. The minimum absolute atomic E-state index is 0.00541. The van der Waals surface area contributed by atoms with Crippen molar-refractivity contribution in [3.8, 4) is 0 Å². The summed E-state index contributed by atoms with van der Waals surface area (Å²) in [5.74, 6) is 1.02. The zero-order valence-corrected chi connectivity index (χ0v) is 18.4. The molecular formula is C25H31FN2O3. The van der Waals surface area contributed by atoms with Gasteiger partial charge in [0, 0.05) is 19.5 Å². The molecule has 5 nitrogen and oxygen atoms in total. The Morgan fingerprint density at radius 2 is 1.90 bits per heavy atom. The minimum Gasteiger partial charge on any atom is -0.459 e. The van der Waals surface area contributed by atoms with Crippen LogP contribution >= 0.6 is 0 Å². The van der Waals surface area contributed by atoms with Crippen LogP contribution in [0.3, 0.4) is 0 Å². The van der Waals surface area contributed by atoms with Crippen molar-refractivity contribution in [3.63, 3.8) is 0 Å². The number of benzene rings is 1. The Labute approximate surface area is 183 Å². The highest BCUT2D eigenvalue weighted by Crippen LogP contribution is 2.38. The molecule has 6 heteroatoms. The van der Waals surface area contributed by atoms with Crippen molar-refractivity contribution in [2.24, 2.45) is 23.7 Å². The van der Waals surface area contributed by atoms with Crippen LogP contribution in [-0.4, -0.2) is 18.4 Å². The number of nitrogens with one attached hydrogen (secondary N) is 2. The summed E-state index contributed by atoms with van der Waals surface area (Å²) in [6.45, 7) is 7.38. The molecule has 1 aliphatic carbocycles. The molecular weight excluding hydrogens is 395 g/mol. The lowest BCUT2D eigenvalue weighted by molar-refractivity contribution is -0.122. The maximum atomic E-state index is 13.0. The number of hydrogen-bond donors (Lipinski definition) is 2. The lowest BCUT2D eigenvalue weighted by atomic mass is 9.69. The summed E-state index contributed by atoms with van der Waals surface area (Å²) in [7, 11) is 0. The zero-order chi connectivity index (χ0) is 22.4. The second-order valence-electron chi connectivity index (χ2n) is 8.71.